The molecule has 1 aliphatic heterocycles. The van der Waals surface area contributed by atoms with Gasteiger partial charge in [0.2, 0.25) is 0 Å². The summed E-state index contributed by atoms with van der Waals surface area (Å²) in [6, 6.07) is 18.3. The lowest BCUT2D eigenvalue weighted by Gasteiger charge is -2.33. The fourth-order valence-corrected chi connectivity index (χ4v) is 4.20. The summed E-state index contributed by atoms with van der Waals surface area (Å²) in [6.07, 6.45) is 2.46. The molecular formula is C25H26N4O3. The topological polar surface area (TPSA) is 94.5 Å². The number of aromatic amines is 1. The molecule has 0 saturated carbocycles. The molecule has 7 nitrogen and oxygen atoms in total. The van der Waals surface area contributed by atoms with Crippen LogP contribution in [-0.4, -0.2) is 57.8 Å². The maximum atomic E-state index is 9.29. The molecule has 1 fully saturated rings. The normalized spacial score (nSPS) is 16.6. The molecule has 0 bridgehead atoms. The second-order valence-corrected chi connectivity index (χ2v) is 8.04. The zero-order valence-corrected chi connectivity index (χ0v) is 17.7. The third-order valence-corrected chi connectivity index (χ3v) is 5.97. The monoisotopic (exact) mass is 430 g/mol. The minimum Gasteiger partial charge on any atom is -0.396 e. The molecule has 32 heavy (non-hydrogen) atoms. The van der Waals surface area contributed by atoms with E-state index in [4.69, 9.17) is 4.74 Å². The highest BCUT2D eigenvalue weighted by atomic mass is 16.5. The number of ether oxygens (including phenoxy) is 1. The first-order valence-corrected chi connectivity index (χ1v) is 10.9. The maximum absolute atomic E-state index is 9.29. The number of aromatic nitrogens is 3. The molecule has 2 aromatic carbocycles. The Morgan fingerprint density at radius 2 is 1.84 bits per heavy atom. The fourth-order valence-electron chi connectivity index (χ4n) is 4.20. The number of H-pyrrole nitrogens is 1. The van der Waals surface area contributed by atoms with Crippen molar-refractivity contribution in [1.82, 2.24) is 15.2 Å². The van der Waals surface area contributed by atoms with Crippen molar-refractivity contribution in [3.05, 3.63) is 66.4 Å². The number of benzene rings is 2. The summed E-state index contributed by atoms with van der Waals surface area (Å²) >= 11 is 0. The first kappa shape index (κ1) is 20.6. The third kappa shape index (κ3) is 4.10. The second kappa shape index (κ2) is 9.08. The van der Waals surface area contributed by atoms with Gasteiger partial charge in [0.25, 0.3) is 0 Å². The van der Waals surface area contributed by atoms with Crippen LogP contribution in [-0.2, 0) is 11.3 Å². The van der Waals surface area contributed by atoms with E-state index in [2.05, 4.69) is 38.3 Å². The summed E-state index contributed by atoms with van der Waals surface area (Å²) in [5.41, 5.74) is 5.95. The SMILES string of the molecule is OCCC1CN(c2cc(-c3n[nH]c4ccc(-c5ccc(CO)cc5)cc34)ccn2)CCO1. The number of rotatable bonds is 6. The molecular weight excluding hydrogens is 404 g/mol. The highest BCUT2D eigenvalue weighted by Crippen LogP contribution is 2.32. The minimum absolute atomic E-state index is 0.0187. The van der Waals surface area contributed by atoms with E-state index in [0.29, 0.717) is 19.6 Å². The van der Waals surface area contributed by atoms with Crippen molar-refractivity contribution in [3.8, 4) is 22.4 Å². The van der Waals surface area contributed by atoms with E-state index in [1.807, 2.05) is 42.6 Å². The summed E-state index contributed by atoms with van der Waals surface area (Å²) in [4.78, 5) is 6.78. The van der Waals surface area contributed by atoms with Crippen molar-refractivity contribution < 1.29 is 14.9 Å². The molecule has 7 heteroatoms. The molecule has 5 rings (SSSR count). The van der Waals surface area contributed by atoms with Gasteiger partial charge in [0, 0.05) is 36.8 Å². The molecule has 0 amide bonds. The van der Waals surface area contributed by atoms with Gasteiger partial charge in [0.15, 0.2) is 0 Å². The Morgan fingerprint density at radius 1 is 1.00 bits per heavy atom. The van der Waals surface area contributed by atoms with Crippen molar-refractivity contribution >= 4 is 16.7 Å². The van der Waals surface area contributed by atoms with Gasteiger partial charge in [-0.1, -0.05) is 30.3 Å². The number of hydrogen-bond donors (Lipinski definition) is 3. The zero-order valence-electron chi connectivity index (χ0n) is 17.7. The van der Waals surface area contributed by atoms with Crippen LogP contribution in [0, 0.1) is 0 Å². The Bertz CT molecular complexity index is 1200. The molecule has 0 aliphatic carbocycles. The molecule has 1 unspecified atom stereocenters. The van der Waals surface area contributed by atoms with Crippen LogP contribution >= 0.6 is 0 Å². The lowest BCUT2D eigenvalue weighted by Crippen LogP contribution is -2.43. The number of fused-ring (bicyclic) bond motifs is 1. The van der Waals surface area contributed by atoms with Crippen LogP contribution in [0.15, 0.2) is 60.8 Å². The molecule has 3 N–H and O–H groups in total. The van der Waals surface area contributed by atoms with Gasteiger partial charge in [-0.15, -0.1) is 0 Å². The summed E-state index contributed by atoms with van der Waals surface area (Å²) < 4.78 is 5.74. The molecule has 1 atom stereocenters. The fraction of sp³-hybridized carbons (Fsp3) is 0.280. The summed E-state index contributed by atoms with van der Waals surface area (Å²) in [6.45, 7) is 2.27. The van der Waals surface area contributed by atoms with Gasteiger partial charge in [-0.2, -0.15) is 5.10 Å². The van der Waals surface area contributed by atoms with E-state index < -0.39 is 0 Å². The van der Waals surface area contributed by atoms with Crippen molar-refractivity contribution in [2.45, 2.75) is 19.1 Å². The van der Waals surface area contributed by atoms with E-state index in [-0.39, 0.29) is 19.3 Å². The number of aliphatic hydroxyl groups is 2. The lowest BCUT2D eigenvalue weighted by atomic mass is 10.0. The Hall–Kier alpha value is -3.26. The van der Waals surface area contributed by atoms with Gasteiger partial charge in [0.1, 0.15) is 11.5 Å². The molecule has 2 aromatic heterocycles. The first-order chi connectivity index (χ1) is 15.7. The van der Waals surface area contributed by atoms with Gasteiger partial charge in [-0.05, 0) is 47.4 Å². The number of morpholine rings is 1. The highest BCUT2D eigenvalue weighted by molar-refractivity contribution is 5.96. The van der Waals surface area contributed by atoms with E-state index in [0.717, 1.165) is 51.2 Å². The van der Waals surface area contributed by atoms with Gasteiger partial charge in [0.05, 0.1) is 24.8 Å². The van der Waals surface area contributed by atoms with E-state index in [1.165, 1.54) is 0 Å². The van der Waals surface area contributed by atoms with Crippen LogP contribution in [0.4, 0.5) is 5.82 Å². The molecule has 0 spiro atoms. The largest absolute Gasteiger partial charge is 0.396 e. The Morgan fingerprint density at radius 3 is 2.66 bits per heavy atom. The molecule has 1 saturated heterocycles. The zero-order chi connectivity index (χ0) is 21.9. The predicted octanol–water partition coefficient (Wildman–Crippen LogP) is 3.37. The van der Waals surface area contributed by atoms with Crippen molar-refractivity contribution in [1.29, 1.82) is 0 Å². The van der Waals surface area contributed by atoms with Crippen molar-refractivity contribution in [2.75, 3.05) is 31.2 Å². The van der Waals surface area contributed by atoms with Gasteiger partial charge in [-0.3, -0.25) is 5.10 Å². The smallest absolute Gasteiger partial charge is 0.129 e. The van der Waals surface area contributed by atoms with Gasteiger partial charge in [-0.25, -0.2) is 4.98 Å². The van der Waals surface area contributed by atoms with Crippen molar-refractivity contribution in [3.63, 3.8) is 0 Å². The van der Waals surface area contributed by atoms with E-state index in [1.54, 1.807) is 0 Å². The number of anilines is 1. The van der Waals surface area contributed by atoms with Crippen LogP contribution in [0.5, 0.6) is 0 Å². The molecule has 0 radical (unpaired) electrons. The van der Waals surface area contributed by atoms with Crippen LogP contribution in [0.3, 0.4) is 0 Å². The highest BCUT2D eigenvalue weighted by Gasteiger charge is 2.21. The summed E-state index contributed by atoms with van der Waals surface area (Å²) in [5.74, 6) is 0.889. The third-order valence-electron chi connectivity index (χ3n) is 5.97. The Kier molecular flexibility index (Phi) is 5.85. The lowest BCUT2D eigenvalue weighted by molar-refractivity contribution is 0.0244. The van der Waals surface area contributed by atoms with E-state index in [9.17, 15) is 10.2 Å². The predicted molar refractivity (Wildman–Crippen MR) is 124 cm³/mol. The van der Waals surface area contributed by atoms with Crippen LogP contribution < -0.4 is 4.90 Å². The maximum Gasteiger partial charge on any atom is 0.129 e. The van der Waals surface area contributed by atoms with E-state index >= 15 is 0 Å². The average molecular weight is 431 g/mol. The van der Waals surface area contributed by atoms with Crippen LogP contribution in [0.25, 0.3) is 33.3 Å². The number of nitrogens with zero attached hydrogens (tertiary/aromatic N) is 3. The number of nitrogens with one attached hydrogen (secondary N) is 1. The van der Waals surface area contributed by atoms with Crippen molar-refractivity contribution in [2.24, 2.45) is 0 Å². The van der Waals surface area contributed by atoms with Gasteiger partial charge < -0.3 is 19.8 Å². The standard InChI is InChI=1S/C25H26N4O3/c30-11-8-21-15-29(10-12-32-21)24-14-20(7-9-26-24)25-22-13-19(5-6-23(22)27-28-25)18-3-1-17(16-31)2-4-18/h1-7,9,13-14,21,30-31H,8,10-12,15-16H2,(H,27,28). The quantitative estimate of drug-likeness (QED) is 0.434. The summed E-state index contributed by atoms with van der Waals surface area (Å²) in [5, 5.41) is 27.3. The number of aliphatic hydroxyl groups excluding tert-OH is 2. The second-order valence-electron chi connectivity index (χ2n) is 8.04. The minimum atomic E-state index is 0.0187. The molecule has 164 valence electrons. The average Bonchev–Trinajstić information content (AvgIpc) is 3.28. The Balaban J connectivity index is 1.47. The number of hydrogen-bond acceptors (Lipinski definition) is 6. The molecule has 3 heterocycles. The van der Waals surface area contributed by atoms with Crippen LogP contribution in [0.2, 0.25) is 0 Å². The molecule has 1 aliphatic rings. The number of pyridine rings is 1. The van der Waals surface area contributed by atoms with Gasteiger partial charge >= 0.3 is 0 Å². The molecule has 4 aromatic rings. The summed E-state index contributed by atoms with van der Waals surface area (Å²) in [7, 11) is 0. The van der Waals surface area contributed by atoms with Crippen LogP contribution in [0.1, 0.15) is 12.0 Å². The Labute approximate surface area is 186 Å². The first-order valence-electron chi connectivity index (χ1n) is 10.9.